The van der Waals surface area contributed by atoms with E-state index in [-0.39, 0.29) is 17.2 Å². The van der Waals surface area contributed by atoms with Crippen LogP contribution in [0.3, 0.4) is 0 Å². The average molecular weight is 445 g/mol. The molecule has 0 aliphatic rings. The van der Waals surface area contributed by atoms with E-state index >= 15 is 0 Å². The molecule has 0 aliphatic carbocycles. The molecule has 3 nitrogen and oxygen atoms in total. The Labute approximate surface area is 197 Å². The van der Waals surface area contributed by atoms with Crippen LogP contribution in [0.15, 0.2) is 78.9 Å². The van der Waals surface area contributed by atoms with Crippen molar-refractivity contribution in [1.29, 1.82) is 0 Å². The molecule has 0 heterocycles. The van der Waals surface area contributed by atoms with Crippen molar-refractivity contribution < 1.29 is 4.79 Å². The Hall–Kier alpha value is -2.98. The summed E-state index contributed by atoms with van der Waals surface area (Å²) >= 11 is 5.49. The molecule has 1 atom stereocenters. The molecule has 3 aromatic carbocycles. The summed E-state index contributed by atoms with van der Waals surface area (Å²) in [6.45, 7) is 8.62. The van der Waals surface area contributed by atoms with Gasteiger partial charge in [-0.3, -0.25) is 4.79 Å². The fourth-order valence-electron chi connectivity index (χ4n) is 3.52. The molecular weight excluding hydrogens is 412 g/mol. The number of benzene rings is 3. The number of hydrogen-bond acceptors (Lipinski definition) is 2. The first-order valence-corrected chi connectivity index (χ1v) is 11.5. The quantitative estimate of drug-likeness (QED) is 0.321. The largest absolute Gasteiger partial charge is 0.360 e. The van der Waals surface area contributed by atoms with Gasteiger partial charge in [-0.05, 0) is 60.7 Å². The Bertz CT molecular complexity index is 1050. The number of thiocarbonyl (C=S) groups is 1. The van der Waals surface area contributed by atoms with Crippen molar-refractivity contribution in [3.63, 3.8) is 0 Å². The van der Waals surface area contributed by atoms with Gasteiger partial charge in [-0.25, -0.2) is 0 Å². The van der Waals surface area contributed by atoms with Gasteiger partial charge in [-0.2, -0.15) is 0 Å². The monoisotopic (exact) mass is 444 g/mol. The minimum atomic E-state index is 0.00390. The Kier molecular flexibility index (Phi) is 7.81. The second-order valence-corrected chi connectivity index (χ2v) is 9.67. The molecule has 0 saturated carbocycles. The molecule has 3 rings (SSSR count). The third-order valence-corrected chi connectivity index (χ3v) is 5.70. The van der Waals surface area contributed by atoms with E-state index in [1.54, 1.807) is 0 Å². The standard InChI is InChI=1S/C28H32N2OS/c1-20(13-14-21-9-6-5-7-10-21)29-27(32)30-25-12-8-11-23(19-25)26(31)22-15-17-24(18-16-22)28(2,3)4/h5-12,15-20H,13-14H2,1-4H3,(H2,29,30,32)/t20-/m1/s1. The molecule has 0 amide bonds. The van der Waals surface area contributed by atoms with Gasteiger partial charge in [0.2, 0.25) is 0 Å². The molecule has 0 bridgehead atoms. The fourth-order valence-corrected chi connectivity index (χ4v) is 3.84. The smallest absolute Gasteiger partial charge is 0.193 e. The van der Waals surface area contributed by atoms with E-state index in [1.165, 1.54) is 11.1 Å². The minimum absolute atomic E-state index is 0.00390. The molecule has 32 heavy (non-hydrogen) atoms. The zero-order chi connectivity index (χ0) is 23.1. The summed E-state index contributed by atoms with van der Waals surface area (Å²) in [6, 6.07) is 26.0. The maximum absolute atomic E-state index is 13.0. The van der Waals surface area contributed by atoms with Gasteiger partial charge in [-0.15, -0.1) is 0 Å². The summed E-state index contributed by atoms with van der Waals surface area (Å²) in [5.41, 5.74) is 4.72. The van der Waals surface area contributed by atoms with Crippen LogP contribution in [0.25, 0.3) is 0 Å². The van der Waals surface area contributed by atoms with Crippen molar-refractivity contribution in [2.75, 3.05) is 5.32 Å². The highest BCUT2D eigenvalue weighted by Gasteiger charge is 2.15. The molecule has 0 unspecified atom stereocenters. The van der Waals surface area contributed by atoms with Gasteiger partial charge in [0.05, 0.1) is 0 Å². The first-order chi connectivity index (χ1) is 15.2. The third-order valence-electron chi connectivity index (χ3n) is 5.48. The van der Waals surface area contributed by atoms with Crippen LogP contribution in [-0.2, 0) is 11.8 Å². The molecule has 3 aromatic rings. The zero-order valence-electron chi connectivity index (χ0n) is 19.3. The molecule has 0 fully saturated rings. The van der Waals surface area contributed by atoms with Crippen molar-refractivity contribution in [2.24, 2.45) is 0 Å². The number of anilines is 1. The molecule has 0 saturated heterocycles. The molecule has 4 heteroatoms. The summed E-state index contributed by atoms with van der Waals surface area (Å²) in [5, 5.41) is 7.11. The van der Waals surface area contributed by atoms with Gasteiger partial charge in [-0.1, -0.05) is 87.5 Å². The van der Waals surface area contributed by atoms with Crippen molar-refractivity contribution in [2.45, 2.75) is 52.0 Å². The van der Waals surface area contributed by atoms with Crippen LogP contribution < -0.4 is 10.6 Å². The highest BCUT2D eigenvalue weighted by atomic mass is 32.1. The lowest BCUT2D eigenvalue weighted by molar-refractivity contribution is 0.103. The SMILES string of the molecule is C[C@H](CCc1ccccc1)NC(=S)Nc1cccc(C(=O)c2ccc(C(C)(C)C)cc2)c1. The number of ketones is 1. The lowest BCUT2D eigenvalue weighted by Crippen LogP contribution is -2.36. The Morgan fingerprint density at radius 3 is 2.25 bits per heavy atom. The van der Waals surface area contributed by atoms with E-state index in [0.717, 1.165) is 18.5 Å². The Balaban J connectivity index is 1.58. The Morgan fingerprint density at radius 2 is 1.59 bits per heavy atom. The normalized spacial score (nSPS) is 12.1. The van der Waals surface area contributed by atoms with Crippen LogP contribution in [0, 0.1) is 0 Å². The van der Waals surface area contributed by atoms with Crippen molar-refractivity contribution in [1.82, 2.24) is 5.32 Å². The van der Waals surface area contributed by atoms with Crippen LogP contribution in [0.5, 0.6) is 0 Å². The van der Waals surface area contributed by atoms with Crippen LogP contribution in [0.2, 0.25) is 0 Å². The van der Waals surface area contributed by atoms with Crippen LogP contribution >= 0.6 is 12.2 Å². The third kappa shape index (κ3) is 6.76. The summed E-state index contributed by atoms with van der Waals surface area (Å²) in [5.74, 6) is 0.00390. The van der Waals surface area contributed by atoms with Gasteiger partial charge in [0.15, 0.2) is 10.9 Å². The topological polar surface area (TPSA) is 41.1 Å². The molecular formula is C28H32N2OS. The maximum Gasteiger partial charge on any atom is 0.193 e. The molecule has 2 N–H and O–H groups in total. The van der Waals surface area contributed by atoms with E-state index in [1.807, 2.05) is 54.6 Å². The molecule has 166 valence electrons. The van der Waals surface area contributed by atoms with Crippen LogP contribution in [0.4, 0.5) is 5.69 Å². The van der Waals surface area contributed by atoms with Gasteiger partial charge >= 0.3 is 0 Å². The van der Waals surface area contributed by atoms with Gasteiger partial charge < -0.3 is 10.6 Å². The van der Waals surface area contributed by atoms with E-state index in [4.69, 9.17) is 12.2 Å². The lowest BCUT2D eigenvalue weighted by atomic mass is 9.86. The summed E-state index contributed by atoms with van der Waals surface area (Å²) in [4.78, 5) is 13.0. The predicted molar refractivity (Wildman–Crippen MR) is 139 cm³/mol. The van der Waals surface area contributed by atoms with Crippen LogP contribution in [-0.4, -0.2) is 16.9 Å². The summed E-state index contributed by atoms with van der Waals surface area (Å²) in [6.07, 6.45) is 1.98. The van der Waals surface area contributed by atoms with Crippen molar-refractivity contribution in [3.8, 4) is 0 Å². The Morgan fingerprint density at radius 1 is 0.906 bits per heavy atom. The van der Waals surface area contributed by atoms with E-state index in [0.29, 0.717) is 16.2 Å². The first kappa shape index (κ1) is 23.7. The van der Waals surface area contributed by atoms with Crippen molar-refractivity contribution in [3.05, 3.63) is 101 Å². The summed E-state index contributed by atoms with van der Waals surface area (Å²) < 4.78 is 0. The van der Waals surface area contributed by atoms with Gasteiger partial charge in [0.1, 0.15) is 0 Å². The average Bonchev–Trinajstić information content (AvgIpc) is 2.77. The number of rotatable bonds is 7. The molecule has 0 aromatic heterocycles. The molecule has 0 radical (unpaired) electrons. The fraction of sp³-hybridized carbons (Fsp3) is 0.286. The lowest BCUT2D eigenvalue weighted by Gasteiger charge is -2.19. The zero-order valence-corrected chi connectivity index (χ0v) is 20.1. The number of hydrogen-bond donors (Lipinski definition) is 2. The second-order valence-electron chi connectivity index (χ2n) is 9.26. The second kappa shape index (κ2) is 10.6. The van der Waals surface area contributed by atoms with Crippen LogP contribution in [0.1, 0.15) is 61.2 Å². The van der Waals surface area contributed by atoms with Crippen molar-refractivity contribution >= 4 is 28.8 Å². The van der Waals surface area contributed by atoms with Gasteiger partial charge in [0.25, 0.3) is 0 Å². The van der Waals surface area contributed by atoms with Gasteiger partial charge in [0, 0.05) is 22.9 Å². The maximum atomic E-state index is 13.0. The molecule has 0 spiro atoms. The first-order valence-electron chi connectivity index (χ1n) is 11.1. The van der Waals surface area contributed by atoms with E-state index < -0.39 is 0 Å². The molecule has 0 aliphatic heterocycles. The number of carbonyl (C=O) groups is 1. The highest BCUT2D eigenvalue weighted by molar-refractivity contribution is 7.80. The number of carbonyl (C=O) groups excluding carboxylic acids is 1. The predicted octanol–water partition coefficient (Wildman–Crippen LogP) is 6.52. The number of nitrogens with one attached hydrogen (secondary N) is 2. The van der Waals surface area contributed by atoms with E-state index in [9.17, 15) is 4.79 Å². The minimum Gasteiger partial charge on any atom is -0.360 e. The number of aryl methyl sites for hydroxylation is 1. The van der Waals surface area contributed by atoms with E-state index in [2.05, 4.69) is 62.6 Å². The summed E-state index contributed by atoms with van der Waals surface area (Å²) in [7, 11) is 0. The highest BCUT2D eigenvalue weighted by Crippen LogP contribution is 2.23.